The molecule has 0 bridgehead atoms. The van der Waals surface area contributed by atoms with Crippen LogP contribution in [-0.2, 0) is 23.9 Å². The molecule has 0 amide bonds. The number of ketones is 2. The number of allylic oxidation sites excluding steroid dienone is 4. The summed E-state index contributed by atoms with van der Waals surface area (Å²) < 4.78 is 22.4. The van der Waals surface area contributed by atoms with E-state index in [9.17, 15) is 29.4 Å². The summed E-state index contributed by atoms with van der Waals surface area (Å²) in [7, 11) is 0. The molecule has 8 atom stereocenters. The fraction of sp³-hybridized carbons (Fsp3) is 0.733. The predicted molar refractivity (Wildman–Crippen MR) is 139 cm³/mol. The van der Waals surface area contributed by atoms with E-state index < -0.39 is 64.4 Å². The van der Waals surface area contributed by atoms with Gasteiger partial charge in [0.25, 0.3) is 0 Å². The van der Waals surface area contributed by atoms with Gasteiger partial charge in [-0.3, -0.25) is 19.2 Å². The van der Waals surface area contributed by atoms with E-state index >= 15 is 4.39 Å². The molecule has 4 rings (SSSR count). The Labute approximate surface area is 228 Å². The number of aliphatic hydroxyl groups is 2. The van der Waals surface area contributed by atoms with Crippen LogP contribution in [0, 0.1) is 28.6 Å². The summed E-state index contributed by atoms with van der Waals surface area (Å²) in [5.41, 5.74) is -5.55. The topological polar surface area (TPSA) is 138 Å². The molecular weight excluding hydrogens is 507 g/mol. The number of carboxylic acids is 1. The van der Waals surface area contributed by atoms with Gasteiger partial charge in [0.05, 0.1) is 6.10 Å². The quantitative estimate of drug-likeness (QED) is 0.276. The molecule has 3 saturated carbocycles. The fourth-order valence-corrected chi connectivity index (χ4v) is 8.37. The van der Waals surface area contributed by atoms with E-state index in [0.29, 0.717) is 50.5 Å². The van der Waals surface area contributed by atoms with Gasteiger partial charge in [0, 0.05) is 29.6 Å². The van der Waals surface area contributed by atoms with Crippen molar-refractivity contribution in [2.45, 2.75) is 102 Å². The highest BCUT2D eigenvalue weighted by atomic mass is 19.1. The molecule has 9 heteroatoms. The molecule has 8 nitrogen and oxygen atoms in total. The van der Waals surface area contributed by atoms with E-state index in [2.05, 4.69) is 0 Å². The minimum absolute atomic E-state index is 0.0854. The minimum atomic E-state index is -2.05. The number of esters is 1. The Hall–Kier alpha value is -2.39. The summed E-state index contributed by atoms with van der Waals surface area (Å²) >= 11 is 0. The lowest BCUT2D eigenvalue weighted by atomic mass is 9.44. The van der Waals surface area contributed by atoms with Crippen LogP contribution in [0.15, 0.2) is 23.8 Å². The van der Waals surface area contributed by atoms with Crippen LogP contribution in [0.2, 0.25) is 0 Å². The van der Waals surface area contributed by atoms with Crippen molar-refractivity contribution in [3.8, 4) is 0 Å². The smallest absolute Gasteiger partial charge is 0.306 e. The molecule has 0 spiro atoms. The van der Waals surface area contributed by atoms with E-state index in [1.165, 1.54) is 12.2 Å². The number of rotatable bonds is 10. The number of fused-ring (bicyclic) bond motifs is 5. The van der Waals surface area contributed by atoms with E-state index in [1.807, 2.05) is 0 Å². The Bertz CT molecular complexity index is 1100. The van der Waals surface area contributed by atoms with Gasteiger partial charge in [-0.25, -0.2) is 4.39 Å². The summed E-state index contributed by atoms with van der Waals surface area (Å²) in [5.74, 6) is -3.80. The van der Waals surface area contributed by atoms with Gasteiger partial charge < -0.3 is 20.1 Å². The highest BCUT2D eigenvalue weighted by Crippen LogP contribution is 2.70. The lowest BCUT2D eigenvalue weighted by Crippen LogP contribution is -2.69. The molecule has 39 heavy (non-hydrogen) atoms. The number of ether oxygens (including phenoxy) is 1. The van der Waals surface area contributed by atoms with Gasteiger partial charge in [-0.05, 0) is 69.4 Å². The minimum Gasteiger partial charge on any atom is -0.481 e. The van der Waals surface area contributed by atoms with Crippen LogP contribution in [0.5, 0.6) is 0 Å². The molecule has 0 aromatic rings. The van der Waals surface area contributed by atoms with Crippen molar-refractivity contribution in [2.75, 3.05) is 6.61 Å². The third kappa shape index (κ3) is 4.59. The lowest BCUT2D eigenvalue weighted by Gasteiger charge is -2.62. The summed E-state index contributed by atoms with van der Waals surface area (Å²) in [5, 5.41) is 32.0. The Kier molecular flexibility index (Phi) is 8.00. The maximum Gasteiger partial charge on any atom is 0.306 e. The number of halogens is 1. The summed E-state index contributed by atoms with van der Waals surface area (Å²) in [6.45, 7) is 4.62. The first kappa shape index (κ1) is 29.6. The first-order chi connectivity index (χ1) is 18.2. The maximum absolute atomic E-state index is 17.2. The van der Waals surface area contributed by atoms with Gasteiger partial charge in [-0.15, -0.1) is 0 Å². The number of aliphatic carboxylic acids is 1. The number of carbonyl (C=O) groups excluding carboxylic acids is 3. The van der Waals surface area contributed by atoms with E-state index in [4.69, 9.17) is 9.84 Å². The van der Waals surface area contributed by atoms with Crippen LogP contribution in [0.25, 0.3) is 0 Å². The van der Waals surface area contributed by atoms with Crippen molar-refractivity contribution in [2.24, 2.45) is 28.6 Å². The monoisotopic (exact) mass is 548 g/mol. The highest BCUT2D eigenvalue weighted by Gasteiger charge is 2.75. The normalized spacial score (nSPS) is 40.8. The Balaban J connectivity index is 1.45. The molecule has 4 aliphatic carbocycles. The second-order valence-corrected chi connectivity index (χ2v) is 12.6. The first-order valence-corrected chi connectivity index (χ1v) is 14.2. The second kappa shape index (κ2) is 10.5. The van der Waals surface area contributed by atoms with Crippen LogP contribution >= 0.6 is 0 Å². The third-order valence-corrected chi connectivity index (χ3v) is 10.5. The average molecular weight is 549 g/mol. The number of hydrogen-bond acceptors (Lipinski definition) is 7. The largest absolute Gasteiger partial charge is 0.481 e. The van der Waals surface area contributed by atoms with Crippen molar-refractivity contribution >= 4 is 23.5 Å². The third-order valence-electron chi connectivity index (χ3n) is 10.5. The fourth-order valence-electron chi connectivity index (χ4n) is 8.37. The Morgan fingerprint density at radius 2 is 1.77 bits per heavy atom. The van der Waals surface area contributed by atoms with Gasteiger partial charge >= 0.3 is 11.9 Å². The van der Waals surface area contributed by atoms with Gasteiger partial charge in [-0.1, -0.05) is 38.3 Å². The number of hydrogen-bond donors (Lipinski definition) is 3. The van der Waals surface area contributed by atoms with Crippen molar-refractivity contribution in [3.05, 3.63) is 23.8 Å². The van der Waals surface area contributed by atoms with Crippen LogP contribution in [-0.4, -0.2) is 62.8 Å². The molecule has 4 aliphatic rings. The predicted octanol–water partition coefficient (Wildman–Crippen LogP) is 3.87. The zero-order valence-electron chi connectivity index (χ0n) is 23.1. The van der Waals surface area contributed by atoms with Gasteiger partial charge in [-0.2, -0.15) is 0 Å². The van der Waals surface area contributed by atoms with E-state index in [0.717, 1.165) is 0 Å². The van der Waals surface area contributed by atoms with Crippen molar-refractivity contribution in [1.29, 1.82) is 0 Å². The number of alkyl halides is 1. The molecule has 3 N–H and O–H groups in total. The molecular formula is C30H41FO8. The number of unbranched alkanes of at least 4 members (excludes halogenated alkanes) is 3. The van der Waals surface area contributed by atoms with Gasteiger partial charge in [0.15, 0.2) is 18.1 Å². The molecule has 0 saturated heterocycles. The Morgan fingerprint density at radius 1 is 1.10 bits per heavy atom. The van der Waals surface area contributed by atoms with Crippen LogP contribution in [0.1, 0.15) is 85.0 Å². The number of carboxylic acid groups (broad SMARTS) is 1. The summed E-state index contributed by atoms with van der Waals surface area (Å²) in [6.07, 6.45) is 6.65. The van der Waals surface area contributed by atoms with E-state index in [-0.39, 0.29) is 31.0 Å². The molecule has 0 unspecified atom stereocenters. The maximum atomic E-state index is 17.2. The number of aliphatic hydroxyl groups excluding tert-OH is 1. The first-order valence-electron chi connectivity index (χ1n) is 14.2. The van der Waals surface area contributed by atoms with Crippen molar-refractivity contribution in [3.63, 3.8) is 0 Å². The van der Waals surface area contributed by atoms with Crippen molar-refractivity contribution < 1.29 is 43.6 Å². The zero-order chi connectivity index (χ0) is 28.8. The van der Waals surface area contributed by atoms with Crippen LogP contribution in [0.4, 0.5) is 4.39 Å². The summed E-state index contributed by atoms with van der Waals surface area (Å²) in [4.78, 5) is 48.3. The van der Waals surface area contributed by atoms with Gasteiger partial charge in [0.1, 0.15) is 5.60 Å². The zero-order valence-corrected chi connectivity index (χ0v) is 23.1. The van der Waals surface area contributed by atoms with Crippen molar-refractivity contribution in [1.82, 2.24) is 0 Å². The molecule has 0 aromatic heterocycles. The van der Waals surface area contributed by atoms with Crippen LogP contribution in [0.3, 0.4) is 0 Å². The molecule has 0 aliphatic heterocycles. The number of Topliss-reactive ketones (excluding diaryl/α,β-unsaturated/α-hetero) is 1. The second-order valence-electron chi connectivity index (χ2n) is 12.6. The summed E-state index contributed by atoms with van der Waals surface area (Å²) in [6, 6.07) is 0. The SMILES string of the molecule is C[C@@H]1C[C@H]2[C@@H]3CCC4=CC(=O)C=C[C@]4(C)[C@@]3(F)[C@@H](O)C[C@]2(C)[C@@]1(O)C(=O)COC(=O)CCCCCCC(=O)O. The lowest BCUT2D eigenvalue weighted by molar-refractivity contribution is -0.220. The molecule has 0 heterocycles. The molecule has 0 radical (unpaired) electrons. The van der Waals surface area contributed by atoms with Gasteiger partial charge in [0.2, 0.25) is 5.78 Å². The molecule has 0 aromatic carbocycles. The average Bonchev–Trinajstić information content (AvgIpc) is 3.07. The Morgan fingerprint density at radius 3 is 2.44 bits per heavy atom. The standard InChI is InChI=1S/C30H41FO8/c1-18-14-22-21-11-10-19-15-20(32)12-13-27(19,2)29(21,31)23(33)16-28(22,3)30(18,38)24(34)17-39-26(37)9-7-5-4-6-8-25(35)36/h12-13,15,18,21-23,33,38H,4-11,14,16-17H2,1-3H3,(H,35,36)/t18-,21+,22+,23+,27+,28+,29+,30+/m1/s1. The van der Waals surface area contributed by atoms with E-state index in [1.54, 1.807) is 26.8 Å². The molecule has 3 fully saturated rings. The van der Waals surface area contributed by atoms with Crippen LogP contribution < -0.4 is 0 Å². The molecule has 216 valence electrons. The highest BCUT2D eigenvalue weighted by molar-refractivity contribution is 6.01. The number of carbonyl (C=O) groups is 4.